The van der Waals surface area contributed by atoms with Crippen LogP contribution in [0.4, 0.5) is 0 Å². The zero-order chi connectivity index (χ0) is 30.0. The third-order valence-electron chi connectivity index (χ3n) is 7.03. The van der Waals surface area contributed by atoms with Gasteiger partial charge in [-0.2, -0.15) is 0 Å². The Morgan fingerprint density at radius 3 is 1.76 bits per heavy atom. The maximum absolute atomic E-state index is 12.4. The summed E-state index contributed by atoms with van der Waals surface area (Å²) in [5.74, 6) is -0.853. The molecule has 0 spiro atoms. The maximum Gasteiger partial charge on any atom is 0.307 e. The second kappa shape index (κ2) is 25.9. The van der Waals surface area contributed by atoms with Gasteiger partial charge in [-0.1, -0.05) is 45.1 Å². The van der Waals surface area contributed by atoms with Crippen LogP contribution in [-0.2, 0) is 28.5 Å². The molecule has 8 nitrogen and oxygen atoms in total. The third kappa shape index (κ3) is 21.6. The Balaban J connectivity index is 2.24. The fourth-order valence-corrected chi connectivity index (χ4v) is 4.37. The standard InChI is InChI=1S/C33H59N2O6/c1-5-8-10-12-14-16-26-38-33(39-27-17-15-13-11-9-6-2)19-18-31(36)40-28-30(4)29-41-32(37)20-21-35-24-22-34(7-3)23-25-35/h8-11,30,33H,4-7,12-29H2,1-3H3/b10-8-,11-9-. The monoisotopic (exact) mass is 579 g/mol. The van der Waals surface area contributed by atoms with Crippen LogP contribution < -0.4 is 0 Å². The highest BCUT2D eigenvalue weighted by Crippen LogP contribution is 2.11. The molecular formula is C33H59N2O6. The lowest BCUT2D eigenvalue weighted by Crippen LogP contribution is -2.46. The second-order valence-corrected chi connectivity index (χ2v) is 10.7. The van der Waals surface area contributed by atoms with E-state index in [1.165, 1.54) is 0 Å². The van der Waals surface area contributed by atoms with Crippen LogP contribution >= 0.6 is 0 Å². The van der Waals surface area contributed by atoms with Crippen molar-refractivity contribution in [2.24, 2.45) is 5.92 Å². The van der Waals surface area contributed by atoms with E-state index in [0.717, 1.165) is 84.1 Å². The Morgan fingerprint density at radius 2 is 1.24 bits per heavy atom. The smallest absolute Gasteiger partial charge is 0.307 e. The van der Waals surface area contributed by atoms with Gasteiger partial charge in [0.25, 0.3) is 0 Å². The average Bonchev–Trinajstić information content (AvgIpc) is 2.99. The SMILES string of the molecule is [CH2]C(COC(=O)CCC(OCCCC/C=C\CC)OCCCC/C=C\CC)COC(=O)CCN1CCN(CC)CC1. The highest BCUT2D eigenvalue weighted by Gasteiger charge is 2.18. The zero-order valence-corrected chi connectivity index (χ0v) is 26.4. The van der Waals surface area contributed by atoms with Crippen molar-refractivity contribution in [3.8, 4) is 0 Å². The van der Waals surface area contributed by atoms with Crippen molar-refractivity contribution in [1.82, 2.24) is 9.80 Å². The molecule has 0 N–H and O–H groups in total. The molecule has 1 unspecified atom stereocenters. The summed E-state index contributed by atoms with van der Waals surface area (Å²) < 4.78 is 22.7. The molecule has 0 saturated carbocycles. The molecule has 0 bridgehead atoms. The van der Waals surface area contributed by atoms with E-state index in [0.29, 0.717) is 32.6 Å². The van der Waals surface area contributed by atoms with Gasteiger partial charge in [0, 0.05) is 58.3 Å². The van der Waals surface area contributed by atoms with Gasteiger partial charge in [-0.3, -0.25) is 9.59 Å². The number of allylic oxidation sites excluding steroid dienone is 4. The highest BCUT2D eigenvalue weighted by molar-refractivity contribution is 5.70. The number of esters is 2. The lowest BCUT2D eigenvalue weighted by atomic mass is 10.2. The maximum atomic E-state index is 12.4. The molecule has 1 aliphatic heterocycles. The Hall–Kier alpha value is -1.74. The topological polar surface area (TPSA) is 77.5 Å². The fourth-order valence-electron chi connectivity index (χ4n) is 4.37. The molecule has 1 aliphatic rings. The second-order valence-electron chi connectivity index (χ2n) is 10.7. The first-order chi connectivity index (χ1) is 20.0. The Kier molecular flexibility index (Phi) is 23.6. The molecule has 1 atom stereocenters. The predicted octanol–water partition coefficient (Wildman–Crippen LogP) is 5.96. The Labute approximate surface area is 250 Å². The molecular weight excluding hydrogens is 520 g/mol. The van der Waals surface area contributed by atoms with Gasteiger partial charge in [0.2, 0.25) is 0 Å². The number of carbonyl (C=O) groups is 2. The first kappa shape index (κ1) is 37.3. The fraction of sp³-hybridized carbons (Fsp3) is 0.788. The van der Waals surface area contributed by atoms with E-state index in [4.69, 9.17) is 18.9 Å². The van der Waals surface area contributed by atoms with Crippen LogP contribution in [0.3, 0.4) is 0 Å². The third-order valence-corrected chi connectivity index (χ3v) is 7.03. The number of hydrogen-bond donors (Lipinski definition) is 0. The number of ether oxygens (including phenoxy) is 4. The van der Waals surface area contributed by atoms with Crippen molar-refractivity contribution in [1.29, 1.82) is 0 Å². The van der Waals surface area contributed by atoms with Crippen molar-refractivity contribution in [2.45, 2.75) is 97.7 Å². The van der Waals surface area contributed by atoms with Crippen LogP contribution in [0.5, 0.6) is 0 Å². The molecule has 237 valence electrons. The highest BCUT2D eigenvalue weighted by atomic mass is 16.7. The number of hydrogen-bond acceptors (Lipinski definition) is 8. The van der Waals surface area contributed by atoms with Gasteiger partial charge in [-0.05, 0) is 64.8 Å². The van der Waals surface area contributed by atoms with Crippen LogP contribution in [0.15, 0.2) is 24.3 Å². The molecule has 0 amide bonds. The van der Waals surface area contributed by atoms with Crippen molar-refractivity contribution >= 4 is 11.9 Å². The van der Waals surface area contributed by atoms with E-state index in [1.54, 1.807) is 0 Å². The average molecular weight is 580 g/mol. The van der Waals surface area contributed by atoms with Crippen LogP contribution in [0.2, 0.25) is 0 Å². The Bertz CT molecular complexity index is 682. The molecule has 1 saturated heterocycles. The number of carbonyl (C=O) groups excluding carboxylic acids is 2. The molecule has 41 heavy (non-hydrogen) atoms. The van der Waals surface area contributed by atoms with Gasteiger partial charge in [-0.15, -0.1) is 0 Å². The van der Waals surface area contributed by atoms with E-state index in [9.17, 15) is 9.59 Å². The normalized spacial score (nSPS) is 15.7. The van der Waals surface area contributed by atoms with Crippen LogP contribution in [0.25, 0.3) is 0 Å². The lowest BCUT2D eigenvalue weighted by Gasteiger charge is -2.33. The number of rotatable bonds is 25. The van der Waals surface area contributed by atoms with Crippen LogP contribution in [0, 0.1) is 12.8 Å². The Morgan fingerprint density at radius 1 is 0.732 bits per heavy atom. The minimum atomic E-state index is -0.415. The molecule has 0 aliphatic carbocycles. The molecule has 8 heteroatoms. The van der Waals surface area contributed by atoms with Crippen LogP contribution in [-0.4, -0.2) is 93.7 Å². The van der Waals surface area contributed by atoms with Gasteiger partial charge < -0.3 is 28.7 Å². The first-order valence-corrected chi connectivity index (χ1v) is 16.1. The summed E-state index contributed by atoms with van der Waals surface area (Å²) in [6, 6.07) is 0. The molecule has 1 heterocycles. The molecule has 0 aromatic rings. The predicted molar refractivity (Wildman–Crippen MR) is 165 cm³/mol. The quantitative estimate of drug-likeness (QED) is 0.0567. The number of nitrogens with zero attached hydrogens (tertiary/aromatic N) is 2. The summed E-state index contributed by atoms with van der Waals surface area (Å²) in [5.41, 5.74) is 0. The summed E-state index contributed by atoms with van der Waals surface area (Å²) >= 11 is 0. The summed E-state index contributed by atoms with van der Waals surface area (Å²) in [6.45, 7) is 17.7. The van der Waals surface area contributed by atoms with Gasteiger partial charge in [0.05, 0.1) is 26.1 Å². The minimum absolute atomic E-state index is 0.119. The number of piperazine rings is 1. The first-order valence-electron chi connectivity index (χ1n) is 16.1. The minimum Gasteiger partial charge on any atom is -0.465 e. The largest absolute Gasteiger partial charge is 0.465 e. The lowest BCUT2D eigenvalue weighted by molar-refractivity contribution is -0.160. The van der Waals surface area contributed by atoms with E-state index >= 15 is 0 Å². The van der Waals surface area contributed by atoms with Crippen molar-refractivity contribution in [3.05, 3.63) is 31.2 Å². The molecule has 0 aromatic heterocycles. The summed E-state index contributed by atoms with van der Waals surface area (Å²) in [5, 5.41) is 0. The molecule has 1 rings (SSSR count). The van der Waals surface area contributed by atoms with E-state index in [-0.39, 0.29) is 37.5 Å². The summed E-state index contributed by atoms with van der Waals surface area (Å²) in [6.07, 6.45) is 17.7. The molecule has 1 fully saturated rings. The number of unbranched alkanes of at least 4 members (excludes halogenated alkanes) is 4. The molecule has 0 aromatic carbocycles. The van der Waals surface area contributed by atoms with Crippen LogP contribution in [0.1, 0.15) is 91.4 Å². The van der Waals surface area contributed by atoms with Gasteiger partial charge in [0.1, 0.15) is 0 Å². The van der Waals surface area contributed by atoms with Gasteiger partial charge in [-0.25, -0.2) is 0 Å². The molecule has 1 radical (unpaired) electrons. The summed E-state index contributed by atoms with van der Waals surface area (Å²) in [7, 11) is 0. The van der Waals surface area contributed by atoms with E-state index < -0.39 is 6.29 Å². The van der Waals surface area contributed by atoms with Crippen molar-refractivity contribution in [3.63, 3.8) is 0 Å². The van der Waals surface area contributed by atoms with Gasteiger partial charge in [0.15, 0.2) is 6.29 Å². The van der Waals surface area contributed by atoms with E-state index in [2.05, 4.69) is 61.8 Å². The number of likely N-dealkylation sites (N-methyl/N-ethyl adjacent to an activating group) is 1. The van der Waals surface area contributed by atoms with Crippen molar-refractivity contribution in [2.75, 3.05) is 65.7 Å². The summed E-state index contributed by atoms with van der Waals surface area (Å²) in [4.78, 5) is 29.2. The zero-order valence-electron chi connectivity index (χ0n) is 26.4. The van der Waals surface area contributed by atoms with Gasteiger partial charge >= 0.3 is 11.9 Å². The van der Waals surface area contributed by atoms with E-state index in [1.807, 2.05) is 0 Å². The van der Waals surface area contributed by atoms with Crippen molar-refractivity contribution < 1.29 is 28.5 Å².